The number of thioether (sulfide) groups is 1. The van der Waals surface area contributed by atoms with E-state index in [0.717, 1.165) is 21.8 Å². The van der Waals surface area contributed by atoms with Gasteiger partial charge in [-0.3, -0.25) is 10.1 Å². The third kappa shape index (κ3) is 3.67. The lowest BCUT2D eigenvalue weighted by Gasteiger charge is -2.06. The number of primary amides is 1. The molecule has 0 atom stereocenters. The van der Waals surface area contributed by atoms with E-state index in [1.165, 1.54) is 11.8 Å². The van der Waals surface area contributed by atoms with Gasteiger partial charge in [-0.15, -0.1) is 11.8 Å². The topological polar surface area (TPSA) is 98.0 Å². The third-order valence-electron chi connectivity index (χ3n) is 2.53. The summed E-state index contributed by atoms with van der Waals surface area (Å²) in [6.07, 6.45) is 0.196. The van der Waals surface area contributed by atoms with E-state index in [9.17, 15) is 9.59 Å². The maximum absolute atomic E-state index is 11.3. The Bertz CT molecular complexity index is 660. The number of hydrogen-bond donors (Lipinski definition) is 2. The van der Waals surface area contributed by atoms with Gasteiger partial charge in [-0.05, 0) is 19.1 Å². The van der Waals surface area contributed by atoms with E-state index in [-0.39, 0.29) is 6.42 Å². The first-order chi connectivity index (χ1) is 9.56. The SMILES string of the molecule is Cc1nc2ccccc2nc1SCCC(=O)NC(N)=O. The Hall–Kier alpha value is -2.15. The van der Waals surface area contributed by atoms with Crippen molar-refractivity contribution < 1.29 is 9.59 Å². The summed E-state index contributed by atoms with van der Waals surface area (Å²) < 4.78 is 0. The number of rotatable bonds is 4. The third-order valence-corrected chi connectivity index (χ3v) is 3.60. The van der Waals surface area contributed by atoms with Crippen LogP contribution in [0.3, 0.4) is 0 Å². The van der Waals surface area contributed by atoms with Crippen LogP contribution in [0.5, 0.6) is 0 Å². The molecular weight excluding hydrogens is 276 g/mol. The van der Waals surface area contributed by atoms with Crippen molar-refractivity contribution in [1.82, 2.24) is 15.3 Å². The van der Waals surface area contributed by atoms with Gasteiger partial charge < -0.3 is 5.73 Å². The fourth-order valence-corrected chi connectivity index (χ4v) is 2.55. The molecule has 0 fully saturated rings. The fourth-order valence-electron chi connectivity index (χ4n) is 1.65. The normalized spacial score (nSPS) is 10.4. The van der Waals surface area contributed by atoms with Crippen LogP contribution in [0.15, 0.2) is 29.3 Å². The van der Waals surface area contributed by atoms with E-state index in [0.29, 0.717) is 5.75 Å². The van der Waals surface area contributed by atoms with Crippen molar-refractivity contribution in [3.8, 4) is 0 Å². The van der Waals surface area contributed by atoms with Gasteiger partial charge in [0, 0.05) is 12.2 Å². The molecule has 2 aromatic rings. The van der Waals surface area contributed by atoms with Crippen molar-refractivity contribution in [2.75, 3.05) is 5.75 Å². The van der Waals surface area contributed by atoms with Crippen LogP contribution in [0.1, 0.15) is 12.1 Å². The first-order valence-corrected chi connectivity index (χ1v) is 7.00. The number of nitrogens with zero attached hydrogens (tertiary/aromatic N) is 2. The first kappa shape index (κ1) is 14.3. The minimum atomic E-state index is -0.832. The number of aryl methyl sites for hydroxylation is 1. The number of nitrogens with two attached hydrogens (primary N) is 1. The lowest BCUT2D eigenvalue weighted by atomic mass is 10.3. The zero-order chi connectivity index (χ0) is 14.5. The standard InChI is InChI=1S/C13H14N4O2S/c1-8-12(20-7-6-11(18)17-13(14)19)16-10-5-3-2-4-9(10)15-8/h2-5H,6-7H2,1H3,(H3,14,17,18,19). The van der Waals surface area contributed by atoms with Crippen molar-refractivity contribution in [3.05, 3.63) is 30.0 Å². The number of benzene rings is 1. The van der Waals surface area contributed by atoms with Crippen molar-refractivity contribution in [3.63, 3.8) is 0 Å². The molecule has 6 nitrogen and oxygen atoms in total. The number of aromatic nitrogens is 2. The highest BCUT2D eigenvalue weighted by atomic mass is 32.2. The summed E-state index contributed by atoms with van der Waals surface area (Å²) in [4.78, 5) is 30.8. The van der Waals surface area contributed by atoms with E-state index in [2.05, 4.69) is 9.97 Å². The van der Waals surface area contributed by atoms with E-state index < -0.39 is 11.9 Å². The van der Waals surface area contributed by atoms with Gasteiger partial charge in [0.05, 0.1) is 16.7 Å². The number of urea groups is 1. The fraction of sp³-hybridized carbons (Fsp3) is 0.231. The Morgan fingerprint density at radius 3 is 2.55 bits per heavy atom. The molecule has 0 radical (unpaired) electrons. The van der Waals surface area contributed by atoms with Crippen molar-refractivity contribution in [2.24, 2.45) is 5.73 Å². The maximum atomic E-state index is 11.3. The largest absolute Gasteiger partial charge is 0.351 e. The number of imide groups is 1. The second-order valence-electron chi connectivity index (χ2n) is 4.11. The van der Waals surface area contributed by atoms with Crippen LogP contribution in [-0.4, -0.2) is 27.7 Å². The van der Waals surface area contributed by atoms with Crippen molar-refractivity contribution >= 4 is 34.7 Å². The number of hydrogen-bond acceptors (Lipinski definition) is 5. The van der Waals surface area contributed by atoms with Gasteiger partial charge in [0.15, 0.2) is 0 Å². The van der Waals surface area contributed by atoms with Gasteiger partial charge in [-0.25, -0.2) is 14.8 Å². The van der Waals surface area contributed by atoms with Crippen LogP contribution in [0.4, 0.5) is 4.79 Å². The van der Waals surface area contributed by atoms with Crippen molar-refractivity contribution in [2.45, 2.75) is 18.4 Å². The smallest absolute Gasteiger partial charge is 0.318 e. The Morgan fingerprint density at radius 2 is 1.90 bits per heavy atom. The van der Waals surface area contributed by atoms with Crippen LogP contribution >= 0.6 is 11.8 Å². The van der Waals surface area contributed by atoms with Crippen LogP contribution in [0, 0.1) is 6.92 Å². The molecule has 2 rings (SSSR count). The van der Waals surface area contributed by atoms with Crippen LogP contribution in [0.25, 0.3) is 11.0 Å². The Balaban J connectivity index is 2.01. The molecule has 104 valence electrons. The lowest BCUT2D eigenvalue weighted by molar-refractivity contribution is -0.119. The maximum Gasteiger partial charge on any atom is 0.318 e. The molecule has 0 spiro atoms. The molecule has 0 unspecified atom stereocenters. The van der Waals surface area contributed by atoms with Gasteiger partial charge in [-0.1, -0.05) is 12.1 Å². The summed E-state index contributed by atoms with van der Waals surface area (Å²) in [5.41, 5.74) is 7.36. The molecule has 7 heteroatoms. The predicted molar refractivity (Wildman–Crippen MR) is 77.3 cm³/mol. The molecule has 1 aromatic carbocycles. The van der Waals surface area contributed by atoms with Gasteiger partial charge in [0.1, 0.15) is 5.03 Å². The molecule has 0 saturated carbocycles. The van der Waals surface area contributed by atoms with Crippen LogP contribution in [0.2, 0.25) is 0 Å². The quantitative estimate of drug-likeness (QED) is 0.834. The second-order valence-corrected chi connectivity index (χ2v) is 5.20. The Labute approximate surface area is 120 Å². The molecule has 0 bridgehead atoms. The number of carbonyl (C=O) groups excluding carboxylic acids is 2. The number of fused-ring (bicyclic) bond motifs is 1. The Morgan fingerprint density at radius 1 is 1.25 bits per heavy atom. The van der Waals surface area contributed by atoms with Gasteiger partial charge >= 0.3 is 6.03 Å². The zero-order valence-electron chi connectivity index (χ0n) is 10.9. The number of para-hydroxylation sites is 2. The van der Waals surface area contributed by atoms with Crippen LogP contribution < -0.4 is 11.1 Å². The molecule has 20 heavy (non-hydrogen) atoms. The van der Waals surface area contributed by atoms with Gasteiger partial charge in [0.25, 0.3) is 0 Å². The molecule has 3 amide bonds. The zero-order valence-corrected chi connectivity index (χ0v) is 11.7. The number of amides is 3. The van der Waals surface area contributed by atoms with E-state index in [1.807, 2.05) is 36.5 Å². The summed E-state index contributed by atoms with van der Waals surface area (Å²) >= 11 is 1.43. The highest BCUT2D eigenvalue weighted by molar-refractivity contribution is 7.99. The average Bonchev–Trinajstić information content (AvgIpc) is 2.38. The van der Waals surface area contributed by atoms with E-state index >= 15 is 0 Å². The first-order valence-electron chi connectivity index (χ1n) is 6.02. The lowest BCUT2D eigenvalue weighted by Crippen LogP contribution is -2.35. The second kappa shape index (κ2) is 6.33. The molecule has 0 aliphatic rings. The predicted octanol–water partition coefficient (Wildman–Crippen LogP) is 1.62. The molecule has 1 aromatic heterocycles. The minimum Gasteiger partial charge on any atom is -0.351 e. The highest BCUT2D eigenvalue weighted by Crippen LogP contribution is 2.22. The van der Waals surface area contributed by atoms with Gasteiger partial charge in [-0.2, -0.15) is 0 Å². The molecule has 1 heterocycles. The summed E-state index contributed by atoms with van der Waals surface area (Å²) in [5.74, 6) is 0.115. The summed E-state index contributed by atoms with van der Waals surface area (Å²) in [6, 6.07) is 6.79. The van der Waals surface area contributed by atoms with Crippen LogP contribution in [-0.2, 0) is 4.79 Å². The summed E-state index contributed by atoms with van der Waals surface area (Å²) in [6.45, 7) is 1.88. The van der Waals surface area contributed by atoms with E-state index in [1.54, 1.807) is 0 Å². The molecule has 3 N–H and O–H groups in total. The highest BCUT2D eigenvalue weighted by Gasteiger charge is 2.08. The number of carbonyl (C=O) groups is 2. The monoisotopic (exact) mass is 290 g/mol. The molecule has 0 aliphatic carbocycles. The molecular formula is C13H14N4O2S. The molecule has 0 saturated heterocycles. The summed E-state index contributed by atoms with van der Waals surface area (Å²) in [7, 11) is 0. The minimum absolute atomic E-state index is 0.196. The van der Waals surface area contributed by atoms with Gasteiger partial charge in [0.2, 0.25) is 5.91 Å². The summed E-state index contributed by atoms with van der Waals surface area (Å²) in [5, 5.41) is 2.81. The van der Waals surface area contributed by atoms with E-state index in [4.69, 9.17) is 5.73 Å². The Kier molecular flexibility index (Phi) is 4.52. The van der Waals surface area contributed by atoms with Crippen molar-refractivity contribution in [1.29, 1.82) is 0 Å². The number of nitrogens with one attached hydrogen (secondary N) is 1. The average molecular weight is 290 g/mol. The molecule has 0 aliphatic heterocycles.